The number of halogens is 2. The van der Waals surface area contributed by atoms with Crippen LogP contribution in [0.3, 0.4) is 0 Å². The number of hydrogen-bond acceptors (Lipinski definition) is 2. The Morgan fingerprint density at radius 2 is 1.93 bits per heavy atom. The van der Waals surface area contributed by atoms with Crippen molar-refractivity contribution in [3.8, 4) is 5.69 Å². The second-order valence-corrected chi connectivity index (χ2v) is 3.45. The van der Waals surface area contributed by atoms with Crippen LogP contribution in [0.4, 0.5) is 0 Å². The van der Waals surface area contributed by atoms with Crippen LogP contribution in [0, 0.1) is 0 Å². The van der Waals surface area contributed by atoms with Crippen molar-refractivity contribution in [2.75, 3.05) is 0 Å². The Kier molecular flexibility index (Phi) is 2.70. The summed E-state index contributed by atoms with van der Waals surface area (Å²) in [5, 5.41) is 8.41. The highest BCUT2D eigenvalue weighted by Crippen LogP contribution is 2.14. The molecule has 0 fully saturated rings. The van der Waals surface area contributed by atoms with Gasteiger partial charge in [0.1, 0.15) is 0 Å². The van der Waals surface area contributed by atoms with Gasteiger partial charge in [-0.15, -0.1) is 16.7 Å². The van der Waals surface area contributed by atoms with E-state index in [0.29, 0.717) is 10.9 Å². The first kappa shape index (κ1) is 9.49. The first-order chi connectivity index (χ1) is 6.81. The highest BCUT2D eigenvalue weighted by Gasteiger charge is 2.03. The van der Waals surface area contributed by atoms with Crippen LogP contribution >= 0.6 is 23.2 Å². The van der Waals surface area contributed by atoms with Gasteiger partial charge in [0, 0.05) is 5.02 Å². The summed E-state index contributed by atoms with van der Waals surface area (Å²) in [7, 11) is 0. The zero-order valence-corrected chi connectivity index (χ0v) is 8.70. The van der Waals surface area contributed by atoms with E-state index in [0.717, 1.165) is 11.4 Å². The maximum Gasteiger partial charge on any atom is 0.0793 e. The molecule has 0 spiro atoms. The van der Waals surface area contributed by atoms with Crippen LogP contribution in [0.5, 0.6) is 0 Å². The van der Waals surface area contributed by atoms with Gasteiger partial charge in [0.25, 0.3) is 0 Å². The van der Waals surface area contributed by atoms with E-state index >= 15 is 0 Å². The molecule has 0 amide bonds. The monoisotopic (exact) mass is 227 g/mol. The minimum absolute atomic E-state index is 0.385. The third kappa shape index (κ3) is 1.74. The smallest absolute Gasteiger partial charge is 0.0793 e. The summed E-state index contributed by atoms with van der Waals surface area (Å²) >= 11 is 11.5. The summed E-state index contributed by atoms with van der Waals surface area (Å²) in [5.74, 6) is 0.385. The lowest BCUT2D eigenvalue weighted by molar-refractivity contribution is 0.781. The molecule has 0 aliphatic rings. The fourth-order valence-corrected chi connectivity index (χ4v) is 1.46. The molecule has 5 heteroatoms. The van der Waals surface area contributed by atoms with Gasteiger partial charge in [-0.2, -0.15) is 0 Å². The topological polar surface area (TPSA) is 30.7 Å². The molecule has 0 unspecified atom stereocenters. The van der Waals surface area contributed by atoms with Crippen molar-refractivity contribution in [1.29, 1.82) is 0 Å². The molecule has 0 N–H and O–H groups in total. The predicted molar refractivity (Wildman–Crippen MR) is 55.9 cm³/mol. The number of alkyl halides is 1. The Balaban J connectivity index is 2.44. The zero-order valence-electron chi connectivity index (χ0n) is 7.19. The maximum absolute atomic E-state index is 5.78. The fourth-order valence-electron chi connectivity index (χ4n) is 1.15. The first-order valence-electron chi connectivity index (χ1n) is 4.03. The lowest BCUT2D eigenvalue weighted by Crippen LogP contribution is -2.00. The molecule has 0 atom stereocenters. The Hall–Kier alpha value is -1.06. The van der Waals surface area contributed by atoms with Crippen LogP contribution in [0.2, 0.25) is 5.02 Å². The highest BCUT2D eigenvalue weighted by atomic mass is 35.5. The molecule has 0 bridgehead atoms. The summed E-state index contributed by atoms with van der Waals surface area (Å²) in [5.41, 5.74) is 1.76. The normalized spacial score (nSPS) is 10.4. The molecule has 0 saturated heterocycles. The Labute approximate surface area is 91.3 Å². The minimum Gasteiger partial charge on any atom is -0.216 e. The SMILES string of the molecule is ClCc1cnnn1-c1ccc(Cl)cc1. The molecule has 1 heterocycles. The van der Waals surface area contributed by atoms with Crippen LogP contribution in [0.25, 0.3) is 5.69 Å². The molecule has 0 radical (unpaired) electrons. The Bertz CT molecular complexity index is 422. The standard InChI is InChI=1S/C9H7Cl2N3/c10-5-9-6-12-13-14(9)8-3-1-7(11)2-4-8/h1-4,6H,5H2. The van der Waals surface area contributed by atoms with Crippen molar-refractivity contribution < 1.29 is 0 Å². The van der Waals surface area contributed by atoms with Gasteiger partial charge in [0.05, 0.1) is 23.5 Å². The molecule has 1 aromatic heterocycles. The number of aromatic nitrogens is 3. The van der Waals surface area contributed by atoms with Crippen molar-refractivity contribution in [2.45, 2.75) is 5.88 Å². The van der Waals surface area contributed by atoms with Crippen LogP contribution in [-0.4, -0.2) is 15.0 Å². The van der Waals surface area contributed by atoms with E-state index in [1.54, 1.807) is 23.0 Å². The van der Waals surface area contributed by atoms with Gasteiger partial charge < -0.3 is 0 Å². The number of hydrogen-bond donors (Lipinski definition) is 0. The molecule has 3 nitrogen and oxygen atoms in total. The molecule has 0 aliphatic heterocycles. The summed E-state index contributed by atoms with van der Waals surface area (Å²) in [6, 6.07) is 7.34. The largest absolute Gasteiger partial charge is 0.216 e. The molecule has 2 aromatic rings. The van der Waals surface area contributed by atoms with Gasteiger partial charge in [-0.05, 0) is 24.3 Å². The minimum atomic E-state index is 0.385. The quantitative estimate of drug-likeness (QED) is 0.739. The zero-order chi connectivity index (χ0) is 9.97. The van der Waals surface area contributed by atoms with Crippen LogP contribution in [0.1, 0.15) is 5.69 Å². The summed E-state index contributed by atoms with van der Waals surface area (Å²) in [6.07, 6.45) is 1.64. The van der Waals surface area contributed by atoms with E-state index in [2.05, 4.69) is 10.3 Å². The van der Waals surface area contributed by atoms with Gasteiger partial charge in [0.2, 0.25) is 0 Å². The first-order valence-corrected chi connectivity index (χ1v) is 4.94. The third-order valence-electron chi connectivity index (χ3n) is 1.83. The summed E-state index contributed by atoms with van der Waals surface area (Å²) in [6.45, 7) is 0. The van der Waals surface area contributed by atoms with E-state index in [-0.39, 0.29) is 0 Å². The number of nitrogens with zero attached hydrogens (tertiary/aromatic N) is 3. The lowest BCUT2D eigenvalue weighted by Gasteiger charge is -2.02. The van der Waals surface area contributed by atoms with Crippen LogP contribution < -0.4 is 0 Å². The number of rotatable bonds is 2. The lowest BCUT2D eigenvalue weighted by atomic mass is 10.3. The van der Waals surface area contributed by atoms with Crippen molar-refractivity contribution in [3.05, 3.63) is 41.2 Å². The summed E-state index contributed by atoms with van der Waals surface area (Å²) < 4.78 is 1.68. The molecule has 0 aliphatic carbocycles. The molecule has 14 heavy (non-hydrogen) atoms. The average Bonchev–Trinajstić information content (AvgIpc) is 2.67. The molecule has 1 aromatic carbocycles. The molecule has 2 rings (SSSR count). The van der Waals surface area contributed by atoms with E-state index in [9.17, 15) is 0 Å². The molecule has 72 valence electrons. The second kappa shape index (κ2) is 3.98. The van der Waals surface area contributed by atoms with Crippen molar-refractivity contribution in [1.82, 2.24) is 15.0 Å². The maximum atomic E-state index is 5.78. The summed E-state index contributed by atoms with van der Waals surface area (Å²) in [4.78, 5) is 0. The van der Waals surface area contributed by atoms with Gasteiger partial charge in [-0.1, -0.05) is 16.8 Å². The van der Waals surface area contributed by atoms with Gasteiger partial charge in [0.15, 0.2) is 0 Å². The fraction of sp³-hybridized carbons (Fsp3) is 0.111. The third-order valence-corrected chi connectivity index (χ3v) is 2.35. The Morgan fingerprint density at radius 3 is 2.57 bits per heavy atom. The average molecular weight is 228 g/mol. The van der Waals surface area contributed by atoms with Gasteiger partial charge >= 0.3 is 0 Å². The van der Waals surface area contributed by atoms with Gasteiger partial charge in [-0.3, -0.25) is 0 Å². The second-order valence-electron chi connectivity index (χ2n) is 2.75. The van der Waals surface area contributed by atoms with Gasteiger partial charge in [-0.25, -0.2) is 4.68 Å². The van der Waals surface area contributed by atoms with Crippen molar-refractivity contribution in [2.24, 2.45) is 0 Å². The molecular weight excluding hydrogens is 221 g/mol. The van der Waals surface area contributed by atoms with Crippen LogP contribution in [0.15, 0.2) is 30.5 Å². The van der Waals surface area contributed by atoms with E-state index < -0.39 is 0 Å². The molecule has 0 saturated carbocycles. The predicted octanol–water partition coefficient (Wildman–Crippen LogP) is 2.66. The highest BCUT2D eigenvalue weighted by molar-refractivity contribution is 6.30. The van der Waals surface area contributed by atoms with Crippen molar-refractivity contribution >= 4 is 23.2 Å². The van der Waals surface area contributed by atoms with E-state index in [1.807, 2.05) is 12.1 Å². The van der Waals surface area contributed by atoms with E-state index in [1.165, 1.54) is 0 Å². The Morgan fingerprint density at radius 1 is 1.21 bits per heavy atom. The van der Waals surface area contributed by atoms with Crippen LogP contribution in [-0.2, 0) is 5.88 Å². The van der Waals surface area contributed by atoms with E-state index in [4.69, 9.17) is 23.2 Å². The molecular formula is C9H7Cl2N3. The van der Waals surface area contributed by atoms with Crippen molar-refractivity contribution in [3.63, 3.8) is 0 Å². The number of benzene rings is 1.